The second-order valence-corrected chi connectivity index (χ2v) is 5.92. The number of benzene rings is 3. The number of aromatic nitrogens is 1. The topological polar surface area (TPSA) is 44.3 Å². The fourth-order valence-electron chi connectivity index (χ4n) is 3.28. The first kappa shape index (κ1) is 17.6. The summed E-state index contributed by atoms with van der Waals surface area (Å²) in [5.41, 5.74) is 3.69. The summed E-state index contributed by atoms with van der Waals surface area (Å²) in [5, 5.41) is 21.6. The van der Waals surface area contributed by atoms with Crippen LogP contribution in [0.5, 0.6) is 0 Å². The van der Waals surface area contributed by atoms with Crippen molar-refractivity contribution in [2.24, 2.45) is 0 Å². The van der Waals surface area contributed by atoms with E-state index in [0.717, 1.165) is 16.6 Å². The second-order valence-electron chi connectivity index (χ2n) is 5.92. The normalized spacial score (nSPS) is 10.6. The maximum Gasteiger partial charge on any atom is 0.488 e. The lowest BCUT2D eigenvalue weighted by Crippen LogP contribution is -3.00. The predicted octanol–water partition coefficient (Wildman–Crippen LogP) is -0.987. The van der Waals surface area contributed by atoms with Gasteiger partial charge in [-0.05, 0) is 23.7 Å². The summed E-state index contributed by atoms with van der Waals surface area (Å²) >= 11 is 0. The number of halogens is 1. The Labute approximate surface area is 157 Å². The highest BCUT2D eigenvalue weighted by molar-refractivity contribution is 6.59. The number of hydrogen-bond donors (Lipinski definition) is 2. The zero-order chi connectivity index (χ0) is 16.5. The molecule has 0 fully saturated rings. The van der Waals surface area contributed by atoms with Crippen molar-refractivity contribution in [3.05, 3.63) is 84.4 Å². The van der Waals surface area contributed by atoms with Crippen LogP contribution < -0.4 is 27.0 Å². The molecule has 0 atom stereocenters. The first-order chi connectivity index (χ1) is 11.7. The van der Waals surface area contributed by atoms with Gasteiger partial charge >= 0.3 is 7.12 Å². The van der Waals surface area contributed by atoms with E-state index < -0.39 is 7.12 Å². The lowest BCUT2D eigenvalue weighted by molar-refractivity contribution is -0.635. The van der Waals surface area contributed by atoms with Crippen molar-refractivity contribution in [1.82, 2.24) is 0 Å². The Kier molecular flexibility index (Phi) is 5.18. The van der Waals surface area contributed by atoms with Gasteiger partial charge in [0, 0.05) is 28.5 Å². The van der Waals surface area contributed by atoms with Gasteiger partial charge in [0.15, 0.2) is 6.54 Å². The van der Waals surface area contributed by atoms with Crippen molar-refractivity contribution in [2.75, 3.05) is 0 Å². The van der Waals surface area contributed by atoms with Crippen LogP contribution in [0.15, 0.2) is 78.9 Å². The summed E-state index contributed by atoms with van der Waals surface area (Å²) in [6.07, 6.45) is 0. The Balaban J connectivity index is 0.00000182. The quantitative estimate of drug-likeness (QED) is 0.267. The Hall–Kier alpha value is -2.21. The van der Waals surface area contributed by atoms with E-state index in [0.29, 0.717) is 12.0 Å². The zero-order valence-corrected chi connectivity index (χ0v) is 15.1. The van der Waals surface area contributed by atoms with Gasteiger partial charge in [-0.3, -0.25) is 0 Å². The highest BCUT2D eigenvalue weighted by Gasteiger charge is 2.21. The Morgan fingerprint density at radius 1 is 0.720 bits per heavy atom. The minimum Gasteiger partial charge on any atom is -1.00 e. The third kappa shape index (κ3) is 3.31. The maximum atomic E-state index is 9.66. The first-order valence-electron chi connectivity index (χ1n) is 7.98. The molecule has 0 spiro atoms. The van der Waals surface area contributed by atoms with Gasteiger partial charge in [0.1, 0.15) is 0 Å². The molecule has 2 N–H and O–H groups in total. The van der Waals surface area contributed by atoms with E-state index in [1.54, 1.807) is 6.07 Å². The second kappa shape index (κ2) is 7.36. The van der Waals surface area contributed by atoms with Crippen molar-refractivity contribution < 1.29 is 31.6 Å². The van der Waals surface area contributed by atoms with Crippen LogP contribution in [0.1, 0.15) is 5.56 Å². The number of fused-ring (bicyclic) bond motifs is 2. The van der Waals surface area contributed by atoms with Crippen molar-refractivity contribution >= 4 is 34.4 Å². The van der Waals surface area contributed by atoms with E-state index >= 15 is 0 Å². The van der Waals surface area contributed by atoms with Crippen LogP contribution in [0.2, 0.25) is 0 Å². The van der Waals surface area contributed by atoms with E-state index in [9.17, 15) is 10.0 Å². The van der Waals surface area contributed by atoms with Gasteiger partial charge < -0.3 is 27.0 Å². The van der Waals surface area contributed by atoms with E-state index in [-0.39, 0.29) is 17.0 Å². The van der Waals surface area contributed by atoms with Crippen molar-refractivity contribution in [2.45, 2.75) is 6.54 Å². The molecule has 3 aromatic carbocycles. The minimum atomic E-state index is -1.47. The Morgan fingerprint density at radius 3 is 1.84 bits per heavy atom. The molecule has 3 nitrogen and oxygen atoms in total. The standard InChI is InChI=1S/C20H17BNO2.BrH/c23-21(24)18-10-4-1-9-17(18)14-22-19-11-5-2-7-15(19)13-16-8-3-6-12-20(16)22;/h1-13,23-24H,14H2;1H/q+1;/p-1. The van der Waals surface area contributed by atoms with Gasteiger partial charge in [0.2, 0.25) is 11.0 Å². The molecular weight excluding hydrogens is 377 g/mol. The van der Waals surface area contributed by atoms with Crippen molar-refractivity contribution in [3.63, 3.8) is 0 Å². The Bertz CT molecular complexity index is 982. The summed E-state index contributed by atoms with van der Waals surface area (Å²) in [6, 6.07) is 26.2. The lowest BCUT2D eigenvalue weighted by Gasteiger charge is -2.09. The van der Waals surface area contributed by atoms with E-state index in [1.165, 1.54) is 10.8 Å². The van der Waals surface area contributed by atoms with Gasteiger partial charge in [-0.2, -0.15) is 4.57 Å². The highest BCUT2D eigenvalue weighted by Crippen LogP contribution is 2.18. The molecule has 0 saturated heterocycles. The number of nitrogens with zero attached hydrogens (tertiary/aromatic N) is 1. The van der Waals surface area contributed by atoms with Crippen molar-refractivity contribution in [3.8, 4) is 0 Å². The summed E-state index contributed by atoms with van der Waals surface area (Å²) in [5.74, 6) is 0. The molecule has 0 aliphatic rings. The number of pyridine rings is 1. The first-order valence-corrected chi connectivity index (χ1v) is 7.98. The molecular formula is C20H17BBrNO2. The highest BCUT2D eigenvalue weighted by atomic mass is 79.9. The third-order valence-electron chi connectivity index (χ3n) is 4.43. The summed E-state index contributed by atoms with van der Waals surface area (Å²) in [7, 11) is -1.47. The van der Waals surface area contributed by atoms with Crippen LogP contribution in [0.3, 0.4) is 0 Å². The molecule has 0 saturated carbocycles. The molecule has 25 heavy (non-hydrogen) atoms. The fraction of sp³-hybridized carbons (Fsp3) is 0.0500. The summed E-state index contributed by atoms with van der Waals surface area (Å²) in [6.45, 7) is 0.579. The molecule has 4 aromatic rings. The molecule has 1 aromatic heterocycles. The SMILES string of the molecule is OB(O)c1ccccc1C[n+]1c2ccccc2cc2ccccc21.[Br-]. The van der Waals surface area contributed by atoms with Gasteiger partial charge in [0.25, 0.3) is 0 Å². The molecule has 0 radical (unpaired) electrons. The van der Waals surface area contributed by atoms with Crippen LogP contribution in [0, 0.1) is 0 Å². The van der Waals surface area contributed by atoms with Crippen LogP contribution in [-0.2, 0) is 6.54 Å². The smallest absolute Gasteiger partial charge is 0.488 e. The molecule has 0 aliphatic carbocycles. The average molecular weight is 394 g/mol. The van der Waals surface area contributed by atoms with Gasteiger partial charge in [0.05, 0.1) is 0 Å². The largest absolute Gasteiger partial charge is 1.00 e. The molecule has 0 bridgehead atoms. The van der Waals surface area contributed by atoms with Crippen LogP contribution in [0.25, 0.3) is 21.8 Å². The molecule has 0 unspecified atom stereocenters. The zero-order valence-electron chi connectivity index (χ0n) is 13.5. The average Bonchev–Trinajstić information content (AvgIpc) is 2.62. The monoisotopic (exact) mass is 393 g/mol. The van der Waals surface area contributed by atoms with Gasteiger partial charge in [-0.1, -0.05) is 48.5 Å². The van der Waals surface area contributed by atoms with Crippen LogP contribution >= 0.6 is 0 Å². The summed E-state index contributed by atoms with van der Waals surface area (Å²) < 4.78 is 2.23. The third-order valence-corrected chi connectivity index (χ3v) is 4.43. The maximum absolute atomic E-state index is 9.66. The summed E-state index contributed by atoms with van der Waals surface area (Å²) in [4.78, 5) is 0. The predicted molar refractivity (Wildman–Crippen MR) is 97.0 cm³/mol. The molecule has 1 heterocycles. The van der Waals surface area contributed by atoms with Crippen LogP contribution in [-0.4, -0.2) is 17.2 Å². The number of rotatable bonds is 3. The molecule has 124 valence electrons. The molecule has 0 amide bonds. The van der Waals surface area contributed by atoms with Gasteiger partial charge in [-0.25, -0.2) is 0 Å². The van der Waals surface area contributed by atoms with Crippen molar-refractivity contribution in [1.29, 1.82) is 0 Å². The molecule has 4 rings (SSSR count). The number of para-hydroxylation sites is 2. The minimum absolute atomic E-state index is 0. The Morgan fingerprint density at radius 2 is 1.24 bits per heavy atom. The fourth-order valence-corrected chi connectivity index (χ4v) is 3.28. The molecule has 0 aliphatic heterocycles. The van der Waals surface area contributed by atoms with E-state index in [4.69, 9.17) is 0 Å². The molecule has 5 heteroatoms. The lowest BCUT2D eigenvalue weighted by atomic mass is 9.77. The number of hydrogen-bond acceptors (Lipinski definition) is 2. The van der Waals surface area contributed by atoms with Crippen LogP contribution in [0.4, 0.5) is 0 Å². The van der Waals surface area contributed by atoms with E-state index in [1.807, 2.05) is 42.5 Å². The van der Waals surface area contributed by atoms with E-state index in [2.05, 4.69) is 34.9 Å². The van der Waals surface area contributed by atoms with Gasteiger partial charge in [-0.15, -0.1) is 0 Å².